The number of likely N-dealkylation sites (N-methyl/N-ethyl adjacent to an activating group) is 1. The predicted octanol–water partition coefficient (Wildman–Crippen LogP) is 4.14. The fourth-order valence-electron chi connectivity index (χ4n) is 2.69. The summed E-state index contributed by atoms with van der Waals surface area (Å²) in [6, 6.07) is 9.92. The molecule has 0 aliphatic carbocycles. The molecule has 27 heavy (non-hydrogen) atoms. The third kappa shape index (κ3) is 4.28. The summed E-state index contributed by atoms with van der Waals surface area (Å²) in [5.74, 6) is 0.492. The average molecular weight is 409 g/mol. The number of nitrogens with zero attached hydrogens (tertiary/aromatic N) is 1. The highest BCUT2D eigenvalue weighted by Gasteiger charge is 2.25. The lowest BCUT2D eigenvalue weighted by Crippen LogP contribution is -2.38. The minimum Gasteiger partial charge on any atom is -0.482 e. The van der Waals surface area contributed by atoms with Crippen molar-refractivity contribution in [2.24, 2.45) is 0 Å². The van der Waals surface area contributed by atoms with E-state index in [4.69, 9.17) is 32.7 Å². The van der Waals surface area contributed by atoms with Gasteiger partial charge < -0.3 is 19.7 Å². The molecule has 0 saturated heterocycles. The second-order valence-corrected chi connectivity index (χ2v) is 6.78. The number of rotatable bonds is 5. The average Bonchev–Trinajstić information content (AvgIpc) is 2.63. The molecule has 8 heteroatoms. The molecule has 142 valence electrons. The molecule has 1 aliphatic rings. The monoisotopic (exact) mass is 408 g/mol. The Morgan fingerprint density at radius 2 is 2.07 bits per heavy atom. The molecule has 1 atom stereocenters. The summed E-state index contributed by atoms with van der Waals surface area (Å²) >= 11 is 11.9. The minimum absolute atomic E-state index is 0.0132. The first-order chi connectivity index (χ1) is 12.9. The molecule has 0 aromatic heterocycles. The van der Waals surface area contributed by atoms with E-state index >= 15 is 0 Å². The number of benzene rings is 2. The van der Waals surface area contributed by atoms with Crippen LogP contribution < -0.4 is 19.7 Å². The Hall–Kier alpha value is -2.44. The molecule has 0 saturated carbocycles. The molecule has 2 amide bonds. The highest BCUT2D eigenvalue weighted by molar-refractivity contribution is 6.35. The maximum absolute atomic E-state index is 12.5. The molecule has 0 bridgehead atoms. The van der Waals surface area contributed by atoms with Gasteiger partial charge in [-0.1, -0.05) is 23.2 Å². The van der Waals surface area contributed by atoms with E-state index in [9.17, 15) is 9.59 Å². The van der Waals surface area contributed by atoms with Gasteiger partial charge >= 0.3 is 0 Å². The van der Waals surface area contributed by atoms with Crippen LogP contribution in [0.5, 0.6) is 11.5 Å². The molecule has 3 rings (SSSR count). The van der Waals surface area contributed by atoms with Gasteiger partial charge in [-0.2, -0.15) is 0 Å². The number of fused-ring (bicyclic) bond motifs is 1. The van der Waals surface area contributed by atoms with Gasteiger partial charge in [0.25, 0.3) is 11.8 Å². The highest BCUT2D eigenvalue weighted by Crippen LogP contribution is 2.34. The van der Waals surface area contributed by atoms with Crippen LogP contribution in [0.15, 0.2) is 36.4 Å². The normalized spacial score (nSPS) is 14.2. The fraction of sp³-hybridized carbons (Fsp3) is 0.263. The zero-order chi connectivity index (χ0) is 19.6. The summed E-state index contributed by atoms with van der Waals surface area (Å²) in [5.41, 5.74) is 1.16. The number of ether oxygens (including phenoxy) is 2. The summed E-state index contributed by atoms with van der Waals surface area (Å²) in [7, 11) is 0. The summed E-state index contributed by atoms with van der Waals surface area (Å²) in [6.07, 6.45) is -0.792. The number of nitrogens with one attached hydrogen (secondary N) is 1. The van der Waals surface area contributed by atoms with Crippen molar-refractivity contribution in [2.45, 2.75) is 20.0 Å². The summed E-state index contributed by atoms with van der Waals surface area (Å²) < 4.78 is 11.0. The van der Waals surface area contributed by atoms with E-state index in [0.29, 0.717) is 39.5 Å². The number of halogens is 2. The van der Waals surface area contributed by atoms with Crippen LogP contribution in [0.2, 0.25) is 10.0 Å². The van der Waals surface area contributed by atoms with Crippen molar-refractivity contribution >= 4 is 46.4 Å². The zero-order valence-corrected chi connectivity index (χ0v) is 16.3. The van der Waals surface area contributed by atoms with Gasteiger partial charge in [-0.05, 0) is 50.2 Å². The molecular formula is C19H18Cl2N2O4. The maximum Gasteiger partial charge on any atom is 0.265 e. The van der Waals surface area contributed by atoms with Gasteiger partial charge in [-0.25, -0.2) is 0 Å². The molecule has 6 nitrogen and oxygen atoms in total. The molecule has 1 N–H and O–H groups in total. The summed E-state index contributed by atoms with van der Waals surface area (Å²) in [4.78, 5) is 26.0. The van der Waals surface area contributed by atoms with Gasteiger partial charge in [-0.3, -0.25) is 9.59 Å². The smallest absolute Gasteiger partial charge is 0.265 e. The Balaban J connectivity index is 1.72. The lowest BCUT2D eigenvalue weighted by molar-refractivity contribution is -0.122. The standard InChI is InChI=1S/C19H18Cl2N2O4/c1-3-23-15-9-13(5-7-17(15)26-10-18(23)24)22-19(25)11(2)27-16-6-4-12(20)8-14(16)21/h4-9,11H,3,10H2,1-2H3,(H,22,25). The summed E-state index contributed by atoms with van der Waals surface area (Å²) in [5, 5.41) is 3.58. The Morgan fingerprint density at radius 1 is 1.30 bits per heavy atom. The van der Waals surface area contributed by atoms with Crippen molar-refractivity contribution < 1.29 is 19.1 Å². The van der Waals surface area contributed by atoms with E-state index < -0.39 is 6.10 Å². The minimum atomic E-state index is -0.792. The Bertz CT molecular complexity index is 888. The lowest BCUT2D eigenvalue weighted by atomic mass is 10.2. The SMILES string of the molecule is CCN1C(=O)COc2ccc(NC(=O)C(C)Oc3ccc(Cl)cc3Cl)cc21. The predicted molar refractivity (Wildman–Crippen MR) is 105 cm³/mol. The number of carbonyl (C=O) groups is 2. The van der Waals surface area contributed by atoms with Gasteiger partial charge in [0.2, 0.25) is 0 Å². The van der Waals surface area contributed by atoms with Gasteiger partial charge in [0.05, 0.1) is 10.7 Å². The Kier molecular flexibility index (Phi) is 5.77. The van der Waals surface area contributed by atoms with Crippen molar-refractivity contribution in [1.29, 1.82) is 0 Å². The van der Waals surface area contributed by atoms with E-state index in [1.54, 1.807) is 48.2 Å². The van der Waals surface area contributed by atoms with Crippen LogP contribution in [-0.4, -0.2) is 31.1 Å². The largest absolute Gasteiger partial charge is 0.482 e. The third-order valence-corrected chi connectivity index (χ3v) is 4.58. The van der Waals surface area contributed by atoms with Crippen molar-refractivity contribution in [3.63, 3.8) is 0 Å². The first-order valence-electron chi connectivity index (χ1n) is 8.39. The van der Waals surface area contributed by atoms with Crippen LogP contribution in [0.25, 0.3) is 0 Å². The Labute approximate surface area is 167 Å². The molecule has 2 aromatic carbocycles. The van der Waals surface area contributed by atoms with Crippen LogP contribution in [0.4, 0.5) is 11.4 Å². The second kappa shape index (κ2) is 8.06. The quantitative estimate of drug-likeness (QED) is 0.806. The van der Waals surface area contributed by atoms with Gasteiger partial charge in [-0.15, -0.1) is 0 Å². The van der Waals surface area contributed by atoms with E-state index in [1.807, 2.05) is 6.92 Å². The molecule has 0 radical (unpaired) electrons. The molecule has 2 aromatic rings. The van der Waals surface area contributed by atoms with Crippen LogP contribution in [0.1, 0.15) is 13.8 Å². The molecule has 1 heterocycles. The van der Waals surface area contributed by atoms with Gasteiger partial charge in [0.15, 0.2) is 12.7 Å². The van der Waals surface area contributed by atoms with Crippen molar-refractivity contribution in [1.82, 2.24) is 0 Å². The van der Waals surface area contributed by atoms with E-state index in [1.165, 1.54) is 0 Å². The van der Waals surface area contributed by atoms with Crippen LogP contribution in [-0.2, 0) is 9.59 Å². The van der Waals surface area contributed by atoms with E-state index in [0.717, 1.165) is 0 Å². The first-order valence-corrected chi connectivity index (χ1v) is 9.14. The van der Waals surface area contributed by atoms with Crippen LogP contribution in [0, 0.1) is 0 Å². The fourth-order valence-corrected chi connectivity index (χ4v) is 3.14. The Morgan fingerprint density at radius 3 is 2.78 bits per heavy atom. The topological polar surface area (TPSA) is 67.9 Å². The second-order valence-electron chi connectivity index (χ2n) is 5.93. The lowest BCUT2D eigenvalue weighted by Gasteiger charge is -2.28. The van der Waals surface area contributed by atoms with Crippen LogP contribution in [0.3, 0.4) is 0 Å². The number of hydrogen-bond acceptors (Lipinski definition) is 4. The molecule has 0 spiro atoms. The molecule has 0 fully saturated rings. The molecule has 1 aliphatic heterocycles. The first kappa shape index (κ1) is 19.3. The van der Waals surface area contributed by atoms with E-state index in [-0.39, 0.29) is 18.4 Å². The zero-order valence-electron chi connectivity index (χ0n) is 14.8. The number of amides is 2. The molecule has 1 unspecified atom stereocenters. The van der Waals surface area contributed by atoms with Gasteiger partial charge in [0.1, 0.15) is 11.5 Å². The van der Waals surface area contributed by atoms with Crippen molar-refractivity contribution in [2.75, 3.05) is 23.4 Å². The maximum atomic E-state index is 12.5. The van der Waals surface area contributed by atoms with Crippen molar-refractivity contribution in [3.8, 4) is 11.5 Å². The number of anilines is 2. The summed E-state index contributed by atoms with van der Waals surface area (Å²) in [6.45, 7) is 4.02. The molecular weight excluding hydrogens is 391 g/mol. The van der Waals surface area contributed by atoms with Crippen LogP contribution >= 0.6 is 23.2 Å². The van der Waals surface area contributed by atoms with Gasteiger partial charge in [0, 0.05) is 17.3 Å². The number of carbonyl (C=O) groups excluding carboxylic acids is 2. The number of hydrogen-bond donors (Lipinski definition) is 1. The third-order valence-electron chi connectivity index (χ3n) is 4.05. The van der Waals surface area contributed by atoms with Crippen molar-refractivity contribution in [3.05, 3.63) is 46.4 Å². The highest BCUT2D eigenvalue weighted by atomic mass is 35.5. The van der Waals surface area contributed by atoms with E-state index in [2.05, 4.69) is 5.32 Å².